The summed E-state index contributed by atoms with van der Waals surface area (Å²) in [4.78, 5) is 8.39. The number of halogens is 1. The molecule has 1 N–H and O–H groups in total. The molecule has 0 unspecified atom stereocenters. The van der Waals surface area contributed by atoms with Crippen LogP contribution in [0.3, 0.4) is 0 Å². The fourth-order valence-electron chi connectivity index (χ4n) is 1.42. The first-order valence-electron chi connectivity index (χ1n) is 5.37. The van der Waals surface area contributed by atoms with Crippen LogP contribution in [0.25, 0.3) is 11.4 Å². The summed E-state index contributed by atoms with van der Waals surface area (Å²) in [7, 11) is 1.92. The fraction of sp³-hybridized carbons (Fsp3) is 0.364. The first kappa shape index (κ1) is 12.2. The predicted molar refractivity (Wildman–Crippen MR) is 67.5 cm³/mol. The normalized spacial score (nSPS) is 10.7. The minimum Gasteiger partial charge on any atom is -0.339 e. The van der Waals surface area contributed by atoms with Gasteiger partial charge in [0.2, 0.25) is 11.7 Å². The topological polar surface area (TPSA) is 63.8 Å². The quantitative estimate of drug-likeness (QED) is 0.856. The van der Waals surface area contributed by atoms with E-state index >= 15 is 0 Å². The fourth-order valence-corrected chi connectivity index (χ4v) is 1.79. The molecule has 0 fully saturated rings. The van der Waals surface area contributed by atoms with Crippen molar-refractivity contribution in [3.63, 3.8) is 0 Å². The Bertz CT molecular complexity index is 486. The Morgan fingerprint density at radius 1 is 1.41 bits per heavy atom. The molecule has 2 aromatic rings. The molecule has 17 heavy (non-hydrogen) atoms. The van der Waals surface area contributed by atoms with Crippen LogP contribution in [0, 0.1) is 0 Å². The molecule has 0 bridgehead atoms. The van der Waals surface area contributed by atoms with E-state index in [1.165, 1.54) is 0 Å². The number of aromatic nitrogens is 3. The second-order valence-corrected chi connectivity index (χ2v) is 4.53. The van der Waals surface area contributed by atoms with Crippen LogP contribution < -0.4 is 5.32 Å². The number of rotatable bonds is 5. The third-order valence-electron chi connectivity index (χ3n) is 2.25. The van der Waals surface area contributed by atoms with Gasteiger partial charge in [0.25, 0.3) is 0 Å². The second kappa shape index (κ2) is 5.88. The largest absolute Gasteiger partial charge is 0.339 e. The Labute approximate surface area is 108 Å². The lowest BCUT2D eigenvalue weighted by Crippen LogP contribution is -2.08. The van der Waals surface area contributed by atoms with Crippen LogP contribution in [-0.2, 0) is 6.42 Å². The zero-order chi connectivity index (χ0) is 12.1. The molecule has 6 heteroatoms. The van der Waals surface area contributed by atoms with E-state index in [0.29, 0.717) is 11.7 Å². The molecule has 0 aliphatic carbocycles. The number of hydrogen-bond donors (Lipinski definition) is 1. The van der Waals surface area contributed by atoms with Crippen molar-refractivity contribution >= 4 is 15.9 Å². The summed E-state index contributed by atoms with van der Waals surface area (Å²) in [5.74, 6) is 1.24. The van der Waals surface area contributed by atoms with Gasteiger partial charge in [-0.3, -0.25) is 4.98 Å². The molecule has 0 aliphatic rings. The van der Waals surface area contributed by atoms with Crippen molar-refractivity contribution in [3.05, 3.63) is 28.8 Å². The van der Waals surface area contributed by atoms with Crippen molar-refractivity contribution in [1.29, 1.82) is 0 Å². The second-order valence-electron chi connectivity index (χ2n) is 3.61. The van der Waals surface area contributed by atoms with Crippen LogP contribution in [0.15, 0.2) is 27.5 Å². The first-order chi connectivity index (χ1) is 8.29. The molecular weight excluding hydrogens is 284 g/mol. The maximum absolute atomic E-state index is 5.17. The van der Waals surface area contributed by atoms with E-state index in [0.717, 1.165) is 29.4 Å². The van der Waals surface area contributed by atoms with Gasteiger partial charge in [-0.05, 0) is 42.0 Å². The smallest absolute Gasteiger partial charge is 0.227 e. The highest BCUT2D eigenvalue weighted by molar-refractivity contribution is 9.10. The van der Waals surface area contributed by atoms with Crippen molar-refractivity contribution in [2.45, 2.75) is 12.8 Å². The minimum atomic E-state index is 0.582. The van der Waals surface area contributed by atoms with Crippen molar-refractivity contribution in [2.24, 2.45) is 0 Å². The van der Waals surface area contributed by atoms with Gasteiger partial charge in [0.1, 0.15) is 0 Å². The summed E-state index contributed by atoms with van der Waals surface area (Å²) >= 11 is 3.36. The van der Waals surface area contributed by atoms with E-state index in [-0.39, 0.29) is 0 Å². The molecule has 0 aromatic carbocycles. The number of pyridine rings is 1. The van der Waals surface area contributed by atoms with Crippen LogP contribution in [0.2, 0.25) is 0 Å². The molecule has 0 atom stereocenters. The standard InChI is InChI=1S/C11H13BrN4O/c1-13-4-2-3-10-15-11(16-17-10)8-5-9(12)7-14-6-8/h5-7,13H,2-4H2,1H3. The van der Waals surface area contributed by atoms with Gasteiger partial charge in [0.05, 0.1) is 0 Å². The number of nitrogens with zero attached hydrogens (tertiary/aromatic N) is 3. The van der Waals surface area contributed by atoms with Gasteiger partial charge in [-0.25, -0.2) is 0 Å². The lowest BCUT2D eigenvalue weighted by atomic mass is 10.3. The average Bonchev–Trinajstić information content (AvgIpc) is 2.78. The van der Waals surface area contributed by atoms with Gasteiger partial charge in [0, 0.05) is 28.9 Å². The molecule has 2 aromatic heterocycles. The first-order valence-corrected chi connectivity index (χ1v) is 6.17. The summed E-state index contributed by atoms with van der Waals surface area (Å²) < 4.78 is 6.07. The lowest BCUT2D eigenvalue weighted by molar-refractivity contribution is 0.375. The number of hydrogen-bond acceptors (Lipinski definition) is 5. The maximum Gasteiger partial charge on any atom is 0.227 e. The molecule has 2 heterocycles. The zero-order valence-electron chi connectivity index (χ0n) is 9.48. The van der Waals surface area contributed by atoms with E-state index in [4.69, 9.17) is 4.52 Å². The molecule has 90 valence electrons. The molecule has 5 nitrogen and oxygen atoms in total. The SMILES string of the molecule is CNCCCc1nc(-c2cncc(Br)c2)no1. The van der Waals surface area contributed by atoms with Gasteiger partial charge in [-0.15, -0.1) is 0 Å². The van der Waals surface area contributed by atoms with Crippen molar-refractivity contribution in [1.82, 2.24) is 20.4 Å². The molecule has 0 radical (unpaired) electrons. The van der Waals surface area contributed by atoms with E-state index in [9.17, 15) is 0 Å². The third-order valence-corrected chi connectivity index (χ3v) is 2.68. The summed E-state index contributed by atoms with van der Waals surface area (Å²) in [6.45, 7) is 0.941. The van der Waals surface area contributed by atoms with Crippen LogP contribution >= 0.6 is 15.9 Å². The van der Waals surface area contributed by atoms with Gasteiger partial charge in [0.15, 0.2) is 0 Å². The molecular formula is C11H13BrN4O. The van der Waals surface area contributed by atoms with Crippen LogP contribution in [0.4, 0.5) is 0 Å². The van der Waals surface area contributed by atoms with Gasteiger partial charge in [-0.2, -0.15) is 4.98 Å². The van der Waals surface area contributed by atoms with Crippen LogP contribution in [-0.4, -0.2) is 28.7 Å². The zero-order valence-corrected chi connectivity index (χ0v) is 11.1. The Morgan fingerprint density at radius 2 is 2.29 bits per heavy atom. The summed E-state index contributed by atoms with van der Waals surface area (Å²) in [6, 6.07) is 1.91. The molecule has 0 amide bonds. The van der Waals surface area contributed by atoms with E-state index in [2.05, 4.69) is 36.4 Å². The van der Waals surface area contributed by atoms with Gasteiger partial charge < -0.3 is 9.84 Å². The third kappa shape index (κ3) is 3.34. The Hall–Kier alpha value is -1.27. The maximum atomic E-state index is 5.17. The summed E-state index contributed by atoms with van der Waals surface area (Å²) in [5.41, 5.74) is 0.850. The summed E-state index contributed by atoms with van der Waals surface area (Å²) in [6.07, 6.45) is 5.20. The highest BCUT2D eigenvalue weighted by Crippen LogP contribution is 2.19. The summed E-state index contributed by atoms with van der Waals surface area (Å²) in [5, 5.41) is 7.02. The molecule has 2 rings (SSSR count). The minimum absolute atomic E-state index is 0.582. The highest BCUT2D eigenvalue weighted by atomic mass is 79.9. The lowest BCUT2D eigenvalue weighted by Gasteiger charge is -1.94. The molecule has 0 spiro atoms. The van der Waals surface area contributed by atoms with Crippen LogP contribution in [0.1, 0.15) is 12.3 Å². The van der Waals surface area contributed by atoms with E-state index < -0.39 is 0 Å². The van der Waals surface area contributed by atoms with Crippen molar-refractivity contribution in [3.8, 4) is 11.4 Å². The van der Waals surface area contributed by atoms with Crippen molar-refractivity contribution in [2.75, 3.05) is 13.6 Å². The molecule has 0 saturated heterocycles. The number of nitrogens with one attached hydrogen (secondary N) is 1. The Kier molecular flexibility index (Phi) is 4.22. The predicted octanol–water partition coefficient (Wildman–Crippen LogP) is 2.05. The van der Waals surface area contributed by atoms with Gasteiger partial charge >= 0.3 is 0 Å². The molecule has 0 saturated carbocycles. The Morgan fingerprint density at radius 3 is 3.06 bits per heavy atom. The number of aryl methyl sites for hydroxylation is 1. The average molecular weight is 297 g/mol. The van der Waals surface area contributed by atoms with E-state index in [1.807, 2.05) is 13.1 Å². The highest BCUT2D eigenvalue weighted by Gasteiger charge is 2.08. The molecule has 0 aliphatic heterocycles. The van der Waals surface area contributed by atoms with Crippen molar-refractivity contribution < 1.29 is 4.52 Å². The van der Waals surface area contributed by atoms with E-state index in [1.54, 1.807) is 12.4 Å². The van der Waals surface area contributed by atoms with Gasteiger partial charge in [-0.1, -0.05) is 5.16 Å². The Balaban J connectivity index is 2.07. The van der Waals surface area contributed by atoms with Crippen LogP contribution in [0.5, 0.6) is 0 Å². The monoisotopic (exact) mass is 296 g/mol.